The van der Waals surface area contributed by atoms with Crippen molar-refractivity contribution < 1.29 is 17.2 Å². The van der Waals surface area contributed by atoms with Gasteiger partial charge in [-0.2, -0.15) is 0 Å². The van der Waals surface area contributed by atoms with Gasteiger partial charge in [0.25, 0.3) is 0 Å². The monoisotopic (exact) mass is 368 g/mol. The van der Waals surface area contributed by atoms with E-state index >= 15 is 0 Å². The molecule has 1 aromatic heterocycles. The predicted octanol–water partition coefficient (Wildman–Crippen LogP) is 1.95. The molecule has 1 fully saturated rings. The van der Waals surface area contributed by atoms with Gasteiger partial charge in [0.15, 0.2) is 11.6 Å². The number of aromatic nitrogens is 2. The minimum atomic E-state index is -3.86. The fraction of sp³-hybridized carbons (Fsp3) is 0.375. The number of anilines is 1. The summed E-state index contributed by atoms with van der Waals surface area (Å²) in [5.41, 5.74) is 0. The van der Waals surface area contributed by atoms with E-state index in [0.717, 1.165) is 38.1 Å². The van der Waals surface area contributed by atoms with Gasteiger partial charge < -0.3 is 4.90 Å². The van der Waals surface area contributed by atoms with Crippen molar-refractivity contribution in [3.8, 4) is 0 Å². The summed E-state index contributed by atoms with van der Waals surface area (Å²) in [6.45, 7) is 1.73. The first-order valence-electron chi connectivity index (χ1n) is 7.92. The Morgan fingerprint density at radius 2 is 1.80 bits per heavy atom. The van der Waals surface area contributed by atoms with Crippen molar-refractivity contribution in [3.63, 3.8) is 0 Å². The van der Waals surface area contributed by atoms with E-state index in [9.17, 15) is 17.2 Å². The third-order valence-corrected chi connectivity index (χ3v) is 5.63. The van der Waals surface area contributed by atoms with Crippen molar-refractivity contribution in [1.82, 2.24) is 14.7 Å². The smallest absolute Gasteiger partial charge is 0.240 e. The lowest BCUT2D eigenvalue weighted by molar-refractivity contribution is 0.399. The number of sulfonamides is 1. The lowest BCUT2D eigenvalue weighted by Gasteiger charge is -2.31. The highest BCUT2D eigenvalue weighted by Gasteiger charge is 2.23. The van der Waals surface area contributed by atoms with Crippen LogP contribution in [0.25, 0.3) is 0 Å². The molecule has 25 heavy (non-hydrogen) atoms. The van der Waals surface area contributed by atoms with Crippen LogP contribution < -0.4 is 9.62 Å². The van der Waals surface area contributed by atoms with Crippen molar-refractivity contribution in [1.29, 1.82) is 0 Å². The normalized spacial score (nSPS) is 16.2. The fourth-order valence-electron chi connectivity index (χ4n) is 2.75. The summed E-state index contributed by atoms with van der Waals surface area (Å²) in [6.07, 6.45) is 4.95. The Hall–Kier alpha value is -2.13. The number of halogens is 2. The van der Waals surface area contributed by atoms with E-state index in [-0.39, 0.29) is 17.4 Å². The van der Waals surface area contributed by atoms with Gasteiger partial charge in [0.2, 0.25) is 16.0 Å². The SMILES string of the molecule is O=S(=O)(NCC1CCN(c2ncccn2)CC1)c1ccc(F)c(F)c1. The van der Waals surface area contributed by atoms with Crippen molar-refractivity contribution in [3.05, 3.63) is 48.3 Å². The van der Waals surface area contributed by atoms with Gasteiger partial charge in [-0.25, -0.2) is 31.9 Å². The lowest BCUT2D eigenvalue weighted by atomic mass is 9.97. The zero-order valence-corrected chi connectivity index (χ0v) is 14.2. The van der Waals surface area contributed by atoms with Crippen LogP contribution in [0.4, 0.5) is 14.7 Å². The molecule has 1 aromatic carbocycles. The Morgan fingerprint density at radius 3 is 2.44 bits per heavy atom. The van der Waals surface area contributed by atoms with Gasteiger partial charge in [0.1, 0.15) is 0 Å². The molecule has 1 aliphatic heterocycles. The van der Waals surface area contributed by atoms with Crippen LogP contribution in [0.1, 0.15) is 12.8 Å². The molecule has 134 valence electrons. The number of nitrogens with one attached hydrogen (secondary N) is 1. The molecule has 0 spiro atoms. The topological polar surface area (TPSA) is 75.2 Å². The summed E-state index contributed by atoms with van der Waals surface area (Å²) in [5.74, 6) is -1.42. The minimum Gasteiger partial charge on any atom is -0.341 e. The third-order valence-electron chi connectivity index (χ3n) is 4.21. The fourth-order valence-corrected chi connectivity index (χ4v) is 3.87. The van der Waals surface area contributed by atoms with Gasteiger partial charge in [0, 0.05) is 32.0 Å². The van der Waals surface area contributed by atoms with Gasteiger partial charge in [-0.1, -0.05) is 0 Å². The number of hydrogen-bond donors (Lipinski definition) is 1. The molecule has 1 N–H and O–H groups in total. The minimum absolute atomic E-state index is 0.167. The van der Waals surface area contributed by atoms with Gasteiger partial charge in [-0.3, -0.25) is 0 Å². The highest BCUT2D eigenvalue weighted by molar-refractivity contribution is 7.89. The lowest BCUT2D eigenvalue weighted by Crippen LogP contribution is -2.39. The summed E-state index contributed by atoms with van der Waals surface area (Å²) in [6, 6.07) is 4.30. The maximum absolute atomic E-state index is 13.2. The molecule has 6 nitrogen and oxygen atoms in total. The Morgan fingerprint density at radius 1 is 1.12 bits per heavy atom. The second-order valence-corrected chi connectivity index (χ2v) is 7.67. The molecule has 0 atom stereocenters. The first-order valence-corrected chi connectivity index (χ1v) is 9.41. The molecule has 3 rings (SSSR count). The molecule has 9 heteroatoms. The van der Waals surface area contributed by atoms with Gasteiger partial charge in [0.05, 0.1) is 4.90 Å². The number of piperidine rings is 1. The number of nitrogens with zero attached hydrogens (tertiary/aromatic N) is 3. The second-order valence-electron chi connectivity index (χ2n) is 5.91. The molecule has 0 radical (unpaired) electrons. The summed E-state index contributed by atoms with van der Waals surface area (Å²) in [7, 11) is -3.86. The van der Waals surface area contributed by atoms with Crippen LogP contribution in [0.5, 0.6) is 0 Å². The van der Waals surface area contributed by atoms with Gasteiger partial charge >= 0.3 is 0 Å². The Labute approximate surface area is 145 Å². The van der Waals surface area contributed by atoms with Crippen LogP contribution in [0.2, 0.25) is 0 Å². The first kappa shape index (κ1) is 17.7. The molecule has 0 aliphatic carbocycles. The zero-order valence-electron chi connectivity index (χ0n) is 13.4. The molecule has 2 heterocycles. The van der Waals surface area contributed by atoms with Crippen molar-refractivity contribution >= 4 is 16.0 Å². The van der Waals surface area contributed by atoms with E-state index in [0.29, 0.717) is 12.0 Å². The van der Waals surface area contributed by atoms with Gasteiger partial charge in [-0.05, 0) is 43.0 Å². The summed E-state index contributed by atoms with van der Waals surface area (Å²) in [4.78, 5) is 10.2. The molecular formula is C16H18F2N4O2S. The van der Waals surface area contributed by atoms with E-state index < -0.39 is 21.7 Å². The van der Waals surface area contributed by atoms with E-state index in [1.165, 1.54) is 0 Å². The average Bonchev–Trinajstić information content (AvgIpc) is 2.63. The highest BCUT2D eigenvalue weighted by Crippen LogP contribution is 2.20. The number of hydrogen-bond acceptors (Lipinski definition) is 5. The molecule has 1 saturated heterocycles. The Bertz CT molecular complexity index is 825. The van der Waals surface area contributed by atoms with Gasteiger partial charge in [-0.15, -0.1) is 0 Å². The Kier molecular flexibility index (Phi) is 5.24. The number of benzene rings is 1. The maximum Gasteiger partial charge on any atom is 0.240 e. The van der Waals surface area contributed by atoms with Crippen LogP contribution in [-0.4, -0.2) is 38.0 Å². The number of rotatable bonds is 5. The maximum atomic E-state index is 13.2. The van der Waals surface area contributed by atoms with Crippen LogP contribution >= 0.6 is 0 Å². The molecular weight excluding hydrogens is 350 g/mol. The Balaban J connectivity index is 1.55. The van der Waals surface area contributed by atoms with E-state index in [1.807, 2.05) is 0 Å². The second kappa shape index (κ2) is 7.40. The quantitative estimate of drug-likeness (QED) is 0.873. The summed E-state index contributed by atoms with van der Waals surface area (Å²) >= 11 is 0. The third kappa shape index (κ3) is 4.29. The highest BCUT2D eigenvalue weighted by atomic mass is 32.2. The first-order chi connectivity index (χ1) is 12.0. The predicted molar refractivity (Wildman–Crippen MR) is 88.5 cm³/mol. The summed E-state index contributed by atoms with van der Waals surface area (Å²) in [5, 5.41) is 0. The zero-order chi connectivity index (χ0) is 17.9. The molecule has 0 saturated carbocycles. The van der Waals surface area contributed by atoms with Crippen LogP contribution in [0.3, 0.4) is 0 Å². The van der Waals surface area contributed by atoms with Crippen LogP contribution in [0.15, 0.2) is 41.6 Å². The molecule has 0 amide bonds. The standard InChI is InChI=1S/C16H18F2N4O2S/c17-14-3-2-13(10-15(14)18)25(23,24)21-11-12-4-8-22(9-5-12)16-19-6-1-7-20-16/h1-3,6-7,10,12,21H,4-5,8-9,11H2. The molecule has 1 aliphatic rings. The molecule has 0 unspecified atom stereocenters. The van der Waals surface area contributed by atoms with Crippen molar-refractivity contribution in [2.45, 2.75) is 17.7 Å². The van der Waals surface area contributed by atoms with E-state index in [4.69, 9.17) is 0 Å². The largest absolute Gasteiger partial charge is 0.341 e. The van der Waals surface area contributed by atoms with Crippen LogP contribution in [-0.2, 0) is 10.0 Å². The van der Waals surface area contributed by atoms with Crippen molar-refractivity contribution in [2.24, 2.45) is 5.92 Å². The molecule has 2 aromatic rings. The average molecular weight is 368 g/mol. The van der Waals surface area contributed by atoms with E-state index in [1.54, 1.807) is 18.5 Å². The van der Waals surface area contributed by atoms with Crippen molar-refractivity contribution in [2.75, 3.05) is 24.5 Å². The van der Waals surface area contributed by atoms with E-state index in [2.05, 4.69) is 19.6 Å². The molecule has 0 bridgehead atoms. The van der Waals surface area contributed by atoms with Crippen LogP contribution in [0, 0.1) is 17.6 Å². The summed E-state index contributed by atoms with van der Waals surface area (Å²) < 4.78 is 53.0.